The van der Waals surface area contributed by atoms with Crippen LogP contribution in [-0.4, -0.2) is 18.5 Å². The van der Waals surface area contributed by atoms with E-state index in [4.69, 9.17) is 10.5 Å². The number of anilines is 1. The fourth-order valence-corrected chi connectivity index (χ4v) is 2.79. The highest BCUT2D eigenvalue weighted by molar-refractivity contribution is 5.97. The Hall–Kier alpha value is -3.01. The smallest absolute Gasteiger partial charge is 0.173 e. The third kappa shape index (κ3) is 2.59. The van der Waals surface area contributed by atoms with E-state index in [2.05, 4.69) is 28.5 Å². The summed E-state index contributed by atoms with van der Waals surface area (Å²) < 4.78 is 5.96. The molecule has 4 nitrogen and oxygen atoms in total. The Morgan fingerprint density at radius 1 is 1.00 bits per heavy atom. The molecule has 114 valence electrons. The average molecular weight is 303 g/mol. The van der Waals surface area contributed by atoms with Gasteiger partial charge in [-0.05, 0) is 23.6 Å². The fourth-order valence-electron chi connectivity index (χ4n) is 2.79. The van der Waals surface area contributed by atoms with E-state index in [1.54, 1.807) is 0 Å². The van der Waals surface area contributed by atoms with Gasteiger partial charge < -0.3 is 15.8 Å². The lowest BCUT2D eigenvalue weighted by Gasteiger charge is -2.26. The lowest BCUT2D eigenvalue weighted by atomic mass is 10.1. The molecule has 23 heavy (non-hydrogen) atoms. The molecule has 0 aromatic heterocycles. The van der Waals surface area contributed by atoms with Crippen molar-refractivity contribution in [3.63, 3.8) is 0 Å². The van der Waals surface area contributed by atoms with Gasteiger partial charge in [0.15, 0.2) is 6.10 Å². The van der Waals surface area contributed by atoms with E-state index in [0.717, 1.165) is 27.9 Å². The SMILES string of the molecule is NC(=Nc1cccc2ccccc12)C1CNc2ccccc2O1. The van der Waals surface area contributed by atoms with E-state index in [1.807, 2.05) is 48.5 Å². The summed E-state index contributed by atoms with van der Waals surface area (Å²) in [6.45, 7) is 0.608. The van der Waals surface area contributed by atoms with Gasteiger partial charge in [-0.15, -0.1) is 0 Å². The number of para-hydroxylation sites is 2. The highest BCUT2D eigenvalue weighted by atomic mass is 16.5. The molecule has 3 aromatic carbocycles. The van der Waals surface area contributed by atoms with Crippen molar-refractivity contribution >= 4 is 28.0 Å². The van der Waals surface area contributed by atoms with Crippen LogP contribution in [0.4, 0.5) is 11.4 Å². The third-order valence-electron chi connectivity index (χ3n) is 3.98. The van der Waals surface area contributed by atoms with Gasteiger partial charge in [-0.25, -0.2) is 4.99 Å². The standard InChI is InChI=1S/C19H17N3O/c20-19(18-12-21-16-9-3-4-11-17(16)23-18)22-15-10-5-7-13-6-1-2-8-14(13)15/h1-11,18,21H,12H2,(H2,20,22). The van der Waals surface area contributed by atoms with Crippen LogP contribution < -0.4 is 15.8 Å². The summed E-state index contributed by atoms with van der Waals surface area (Å²) in [5, 5.41) is 5.56. The number of rotatable bonds is 2. The highest BCUT2D eigenvalue weighted by Gasteiger charge is 2.22. The van der Waals surface area contributed by atoms with Crippen LogP contribution in [0.3, 0.4) is 0 Å². The number of nitrogens with two attached hydrogens (primary N) is 1. The van der Waals surface area contributed by atoms with Crippen molar-refractivity contribution in [2.24, 2.45) is 10.7 Å². The number of benzene rings is 3. The van der Waals surface area contributed by atoms with Gasteiger partial charge in [0.1, 0.15) is 11.6 Å². The lowest BCUT2D eigenvalue weighted by molar-refractivity contribution is 0.269. The first-order chi connectivity index (χ1) is 11.3. The Kier molecular flexibility index (Phi) is 3.35. The van der Waals surface area contributed by atoms with Crippen molar-refractivity contribution in [3.05, 3.63) is 66.7 Å². The molecule has 4 rings (SSSR count). The molecule has 1 atom stereocenters. The van der Waals surface area contributed by atoms with Crippen molar-refractivity contribution in [3.8, 4) is 5.75 Å². The normalized spacial score (nSPS) is 17.2. The second kappa shape index (κ2) is 5.65. The van der Waals surface area contributed by atoms with Crippen LogP contribution in [0, 0.1) is 0 Å². The second-order valence-electron chi connectivity index (χ2n) is 5.52. The molecular weight excluding hydrogens is 286 g/mol. The summed E-state index contributed by atoms with van der Waals surface area (Å²) in [5.74, 6) is 1.28. The maximum Gasteiger partial charge on any atom is 0.173 e. The lowest BCUT2D eigenvalue weighted by Crippen LogP contribution is -2.41. The van der Waals surface area contributed by atoms with Crippen molar-refractivity contribution in [1.29, 1.82) is 0 Å². The molecule has 0 spiro atoms. The maximum atomic E-state index is 6.21. The molecule has 0 amide bonds. The number of amidine groups is 1. The van der Waals surface area contributed by atoms with Crippen LogP contribution in [0.5, 0.6) is 5.75 Å². The number of fused-ring (bicyclic) bond motifs is 2. The maximum absolute atomic E-state index is 6.21. The van der Waals surface area contributed by atoms with E-state index in [-0.39, 0.29) is 6.10 Å². The van der Waals surface area contributed by atoms with Gasteiger partial charge in [0, 0.05) is 5.39 Å². The first kappa shape index (κ1) is 13.6. The van der Waals surface area contributed by atoms with Gasteiger partial charge in [0.2, 0.25) is 0 Å². The minimum atomic E-state index is -0.274. The molecule has 0 saturated carbocycles. The van der Waals surface area contributed by atoms with Crippen LogP contribution in [0.2, 0.25) is 0 Å². The zero-order valence-electron chi connectivity index (χ0n) is 12.6. The average Bonchev–Trinajstić information content (AvgIpc) is 2.61. The third-order valence-corrected chi connectivity index (χ3v) is 3.98. The number of aliphatic imine (C=N–C) groups is 1. The number of ether oxygens (including phenoxy) is 1. The number of nitrogens with one attached hydrogen (secondary N) is 1. The van der Waals surface area contributed by atoms with Crippen molar-refractivity contribution in [2.75, 3.05) is 11.9 Å². The van der Waals surface area contributed by atoms with Gasteiger partial charge in [-0.3, -0.25) is 0 Å². The van der Waals surface area contributed by atoms with Crippen molar-refractivity contribution < 1.29 is 4.74 Å². The largest absolute Gasteiger partial charge is 0.479 e. The summed E-state index contributed by atoms with van der Waals surface area (Å²) in [6, 6.07) is 22.0. The quantitative estimate of drug-likeness (QED) is 0.560. The van der Waals surface area contributed by atoms with E-state index in [9.17, 15) is 0 Å². The predicted molar refractivity (Wildman–Crippen MR) is 94.6 cm³/mol. The van der Waals surface area contributed by atoms with E-state index >= 15 is 0 Å². The van der Waals surface area contributed by atoms with Crippen LogP contribution in [0.15, 0.2) is 71.7 Å². The minimum Gasteiger partial charge on any atom is -0.479 e. The van der Waals surface area contributed by atoms with Crippen molar-refractivity contribution in [2.45, 2.75) is 6.10 Å². The molecule has 3 N–H and O–H groups in total. The first-order valence-corrected chi connectivity index (χ1v) is 7.62. The Bertz CT molecular complexity index is 883. The molecule has 0 aliphatic carbocycles. The molecule has 0 bridgehead atoms. The second-order valence-corrected chi connectivity index (χ2v) is 5.52. The predicted octanol–water partition coefficient (Wildman–Crippen LogP) is 3.70. The van der Waals surface area contributed by atoms with Crippen LogP contribution in [0.25, 0.3) is 10.8 Å². The van der Waals surface area contributed by atoms with Gasteiger partial charge in [0.05, 0.1) is 17.9 Å². The highest BCUT2D eigenvalue weighted by Crippen LogP contribution is 2.29. The minimum absolute atomic E-state index is 0.274. The summed E-state index contributed by atoms with van der Waals surface area (Å²) >= 11 is 0. The van der Waals surface area contributed by atoms with Gasteiger partial charge in [-0.1, -0.05) is 48.5 Å². The Labute approximate surface area is 134 Å². The van der Waals surface area contributed by atoms with Gasteiger partial charge in [-0.2, -0.15) is 0 Å². The van der Waals surface area contributed by atoms with Crippen LogP contribution >= 0.6 is 0 Å². The first-order valence-electron chi connectivity index (χ1n) is 7.62. The molecule has 0 fully saturated rings. The van der Waals surface area contributed by atoms with Crippen LogP contribution in [-0.2, 0) is 0 Å². The number of hydrogen-bond donors (Lipinski definition) is 2. The summed E-state index contributed by atoms with van der Waals surface area (Å²) in [4.78, 5) is 4.61. The fraction of sp³-hybridized carbons (Fsp3) is 0.105. The van der Waals surface area contributed by atoms with E-state index in [0.29, 0.717) is 12.4 Å². The monoisotopic (exact) mass is 303 g/mol. The molecular formula is C19H17N3O. The summed E-state index contributed by atoms with van der Waals surface area (Å²) in [6.07, 6.45) is -0.274. The van der Waals surface area contributed by atoms with E-state index < -0.39 is 0 Å². The zero-order chi connectivity index (χ0) is 15.6. The Morgan fingerprint density at radius 3 is 2.74 bits per heavy atom. The topological polar surface area (TPSA) is 59.6 Å². The van der Waals surface area contributed by atoms with Crippen molar-refractivity contribution in [1.82, 2.24) is 0 Å². The molecule has 1 unspecified atom stereocenters. The van der Waals surface area contributed by atoms with Gasteiger partial charge in [0.25, 0.3) is 0 Å². The van der Waals surface area contributed by atoms with E-state index in [1.165, 1.54) is 0 Å². The number of nitrogens with zero attached hydrogens (tertiary/aromatic N) is 1. The number of hydrogen-bond acceptors (Lipinski definition) is 3. The molecule has 0 saturated heterocycles. The Balaban J connectivity index is 1.66. The summed E-state index contributed by atoms with van der Waals surface area (Å²) in [5.41, 5.74) is 8.07. The molecule has 0 radical (unpaired) electrons. The zero-order valence-corrected chi connectivity index (χ0v) is 12.6. The summed E-state index contributed by atoms with van der Waals surface area (Å²) in [7, 11) is 0. The molecule has 3 aromatic rings. The van der Waals surface area contributed by atoms with Crippen LogP contribution in [0.1, 0.15) is 0 Å². The molecule has 1 aliphatic rings. The Morgan fingerprint density at radius 2 is 1.78 bits per heavy atom. The molecule has 1 aliphatic heterocycles. The molecule has 1 heterocycles. The molecule has 4 heteroatoms. The van der Waals surface area contributed by atoms with Gasteiger partial charge >= 0.3 is 0 Å².